The van der Waals surface area contributed by atoms with E-state index in [0.717, 1.165) is 24.8 Å². The van der Waals surface area contributed by atoms with Gasteiger partial charge in [-0.15, -0.1) is 0 Å². The van der Waals surface area contributed by atoms with E-state index < -0.39 is 11.6 Å². The molecule has 3 N–H and O–H groups in total. The summed E-state index contributed by atoms with van der Waals surface area (Å²) < 4.78 is 11.8. The van der Waals surface area contributed by atoms with Crippen molar-refractivity contribution in [2.75, 3.05) is 42.8 Å². The SMILES string of the molecule is CNCCOC12CC(C1)N(C(=O)Nc1cc(NC3CCCC3OC)c(C#N)cn1)c1nc(C=O)ccc12. The molecule has 2 aromatic rings. The maximum atomic E-state index is 13.5. The molecule has 0 radical (unpaired) electrons. The zero-order chi connectivity index (χ0) is 26.0. The third kappa shape index (κ3) is 4.64. The van der Waals surface area contributed by atoms with Gasteiger partial charge in [0.1, 0.15) is 29.0 Å². The molecule has 0 aromatic carbocycles. The second kappa shape index (κ2) is 10.4. The highest BCUT2D eigenvalue weighted by atomic mass is 16.5. The highest BCUT2D eigenvalue weighted by molar-refractivity contribution is 6.03. The fourth-order valence-electron chi connectivity index (χ4n) is 5.63. The van der Waals surface area contributed by atoms with E-state index in [9.17, 15) is 14.9 Å². The molecular weight excluding hydrogens is 474 g/mol. The van der Waals surface area contributed by atoms with Crippen molar-refractivity contribution in [1.29, 1.82) is 5.26 Å². The molecule has 11 nitrogen and oxygen atoms in total. The number of hydrogen-bond donors (Lipinski definition) is 3. The summed E-state index contributed by atoms with van der Waals surface area (Å²) in [7, 11) is 3.56. The van der Waals surface area contributed by atoms with Gasteiger partial charge in [0, 0.05) is 50.4 Å². The number of carbonyl (C=O) groups is 2. The number of ether oxygens (including phenoxy) is 2. The maximum absolute atomic E-state index is 13.5. The summed E-state index contributed by atoms with van der Waals surface area (Å²) in [5, 5.41) is 18.9. The summed E-state index contributed by atoms with van der Waals surface area (Å²) in [6.07, 6.45) is 6.40. The standard InChI is InChI=1S/C26H31N7O4/c1-28-8-9-37-26-11-18(12-26)33(24-19(26)7-6-17(15-34)30-24)25(35)32-23-10-21(16(13-27)14-29-23)31-20-4-3-5-22(20)36-2/h6-7,10,14-15,18,20,22,28H,3-5,8-9,11-12H2,1-2H3,(H2,29,31,32,35). The van der Waals surface area contributed by atoms with Crippen LogP contribution in [-0.2, 0) is 15.1 Å². The van der Waals surface area contributed by atoms with Crippen molar-refractivity contribution >= 4 is 29.6 Å². The predicted octanol–water partition coefficient (Wildman–Crippen LogP) is 2.79. The first-order valence-electron chi connectivity index (χ1n) is 12.6. The quantitative estimate of drug-likeness (QED) is 0.346. The highest BCUT2D eigenvalue weighted by Crippen LogP contribution is 2.55. The number of nitrogens with zero attached hydrogens (tertiary/aromatic N) is 4. The van der Waals surface area contributed by atoms with Crippen LogP contribution in [0.2, 0.25) is 0 Å². The first kappa shape index (κ1) is 25.1. The number of amides is 2. The summed E-state index contributed by atoms with van der Waals surface area (Å²) in [5.74, 6) is 0.739. The van der Waals surface area contributed by atoms with Crippen LogP contribution in [0, 0.1) is 11.3 Å². The molecule has 37 heavy (non-hydrogen) atoms. The number of rotatable bonds is 9. The summed E-state index contributed by atoms with van der Waals surface area (Å²) in [4.78, 5) is 35.3. The topological polar surface area (TPSA) is 142 Å². The molecule has 2 amide bonds. The van der Waals surface area contributed by atoms with Crippen LogP contribution in [-0.4, -0.2) is 67.8 Å². The van der Waals surface area contributed by atoms with Gasteiger partial charge >= 0.3 is 6.03 Å². The Bertz CT molecular complexity index is 1220. The second-order valence-corrected chi connectivity index (χ2v) is 9.72. The first-order chi connectivity index (χ1) is 18.0. The third-order valence-corrected chi connectivity index (χ3v) is 7.54. The Morgan fingerprint density at radius 3 is 2.92 bits per heavy atom. The normalized spacial score (nSPS) is 25.5. The minimum atomic E-state index is -0.509. The molecule has 4 heterocycles. The monoisotopic (exact) mass is 505 g/mol. The molecule has 194 valence electrons. The lowest BCUT2D eigenvalue weighted by atomic mass is 9.67. The molecule has 4 aliphatic rings. The minimum absolute atomic E-state index is 0.0647. The molecule has 2 saturated carbocycles. The number of methoxy groups -OCH3 is 1. The highest BCUT2D eigenvalue weighted by Gasteiger charge is 2.57. The number of anilines is 3. The fraction of sp³-hybridized carbons (Fsp3) is 0.500. The van der Waals surface area contributed by atoms with Crippen molar-refractivity contribution in [3.8, 4) is 6.07 Å². The predicted molar refractivity (Wildman–Crippen MR) is 137 cm³/mol. The molecule has 6 rings (SSSR count). The number of urea groups is 1. The number of likely N-dealkylation sites (N-methyl/N-ethyl adjacent to an activating group) is 1. The summed E-state index contributed by atoms with van der Waals surface area (Å²) >= 11 is 0. The van der Waals surface area contributed by atoms with Gasteiger partial charge in [0.2, 0.25) is 0 Å². The van der Waals surface area contributed by atoms with Gasteiger partial charge in [-0.2, -0.15) is 5.26 Å². The number of nitriles is 1. The number of hydrogen-bond acceptors (Lipinski definition) is 9. The van der Waals surface area contributed by atoms with E-state index in [1.165, 1.54) is 6.20 Å². The molecule has 2 atom stereocenters. The Morgan fingerprint density at radius 1 is 1.35 bits per heavy atom. The van der Waals surface area contributed by atoms with E-state index in [1.54, 1.807) is 24.1 Å². The maximum Gasteiger partial charge on any atom is 0.328 e. The number of nitrogens with one attached hydrogen (secondary N) is 3. The smallest absolute Gasteiger partial charge is 0.328 e. The average molecular weight is 506 g/mol. The van der Waals surface area contributed by atoms with Crippen LogP contribution < -0.4 is 20.9 Å². The fourth-order valence-corrected chi connectivity index (χ4v) is 5.63. The van der Waals surface area contributed by atoms with Crippen LogP contribution in [0.15, 0.2) is 24.4 Å². The molecule has 2 unspecified atom stereocenters. The molecule has 0 spiro atoms. The van der Waals surface area contributed by atoms with Crippen molar-refractivity contribution in [3.05, 3.63) is 41.2 Å². The molecule has 2 fully saturated rings. The summed E-state index contributed by atoms with van der Waals surface area (Å²) in [6, 6.07) is 6.88. The number of pyridine rings is 2. The number of carbonyl (C=O) groups excluding carboxylic acids is 2. The lowest BCUT2D eigenvalue weighted by Gasteiger charge is -2.56. The average Bonchev–Trinajstić information content (AvgIpc) is 3.34. The summed E-state index contributed by atoms with van der Waals surface area (Å²) in [6.45, 7) is 1.23. The van der Waals surface area contributed by atoms with E-state index >= 15 is 0 Å². The van der Waals surface area contributed by atoms with Gasteiger partial charge in [0.05, 0.1) is 30.0 Å². The number of aromatic nitrogens is 2. The van der Waals surface area contributed by atoms with Crippen molar-refractivity contribution < 1.29 is 19.1 Å². The van der Waals surface area contributed by atoms with E-state index in [1.807, 2.05) is 13.1 Å². The lowest BCUT2D eigenvalue weighted by molar-refractivity contribution is -0.120. The van der Waals surface area contributed by atoms with Gasteiger partial charge in [0.25, 0.3) is 0 Å². The van der Waals surface area contributed by atoms with Crippen LogP contribution in [0.3, 0.4) is 0 Å². The molecule has 2 bridgehead atoms. The van der Waals surface area contributed by atoms with Gasteiger partial charge in [-0.3, -0.25) is 15.0 Å². The first-order valence-corrected chi connectivity index (χ1v) is 12.6. The Morgan fingerprint density at radius 2 is 2.19 bits per heavy atom. The Labute approximate surface area is 215 Å². The van der Waals surface area contributed by atoms with Crippen LogP contribution in [0.4, 0.5) is 22.1 Å². The molecule has 2 aromatic heterocycles. The lowest BCUT2D eigenvalue weighted by Crippen LogP contribution is -2.62. The number of aldehydes is 1. The van der Waals surface area contributed by atoms with Crippen LogP contribution in [0.5, 0.6) is 0 Å². The molecular formula is C26H31N7O4. The van der Waals surface area contributed by atoms with Crippen molar-refractivity contribution in [1.82, 2.24) is 15.3 Å². The summed E-state index contributed by atoms with van der Waals surface area (Å²) in [5.41, 5.74) is 1.53. The minimum Gasteiger partial charge on any atom is -0.379 e. The molecule has 2 aliphatic carbocycles. The van der Waals surface area contributed by atoms with Gasteiger partial charge in [0.15, 0.2) is 6.29 Å². The van der Waals surface area contributed by atoms with E-state index in [2.05, 4.69) is 32.0 Å². The van der Waals surface area contributed by atoms with Crippen LogP contribution in [0.25, 0.3) is 0 Å². The molecule has 11 heteroatoms. The van der Waals surface area contributed by atoms with E-state index in [4.69, 9.17) is 9.47 Å². The second-order valence-electron chi connectivity index (χ2n) is 9.72. The van der Waals surface area contributed by atoms with E-state index in [0.29, 0.717) is 55.2 Å². The third-order valence-electron chi connectivity index (χ3n) is 7.54. The Hall–Kier alpha value is -3.59. The van der Waals surface area contributed by atoms with Crippen molar-refractivity contribution in [2.45, 2.75) is 55.9 Å². The van der Waals surface area contributed by atoms with Gasteiger partial charge in [-0.05, 0) is 32.4 Å². The van der Waals surface area contributed by atoms with Crippen molar-refractivity contribution in [3.63, 3.8) is 0 Å². The zero-order valence-corrected chi connectivity index (χ0v) is 21.0. The largest absolute Gasteiger partial charge is 0.379 e. The van der Waals surface area contributed by atoms with Gasteiger partial charge in [-0.25, -0.2) is 14.8 Å². The van der Waals surface area contributed by atoms with Crippen LogP contribution >= 0.6 is 0 Å². The Kier molecular flexibility index (Phi) is 7.06. The molecule has 0 saturated heterocycles. The van der Waals surface area contributed by atoms with Crippen molar-refractivity contribution in [2.24, 2.45) is 0 Å². The Balaban J connectivity index is 1.39. The van der Waals surface area contributed by atoms with Gasteiger partial charge < -0.3 is 20.1 Å². The van der Waals surface area contributed by atoms with Gasteiger partial charge in [-0.1, -0.05) is 6.07 Å². The molecule has 2 aliphatic heterocycles. The van der Waals surface area contributed by atoms with E-state index in [-0.39, 0.29) is 23.9 Å². The zero-order valence-electron chi connectivity index (χ0n) is 21.0. The van der Waals surface area contributed by atoms with Crippen LogP contribution in [0.1, 0.15) is 53.7 Å².